The van der Waals surface area contributed by atoms with Gasteiger partial charge in [0, 0.05) is 31.9 Å². The van der Waals surface area contributed by atoms with Crippen LogP contribution in [-0.2, 0) is 9.59 Å². The average molecular weight is 290 g/mol. The number of piperazine rings is 1. The number of carbonyl (C=O) groups is 2. The van der Waals surface area contributed by atoms with Gasteiger partial charge in [0.2, 0.25) is 11.8 Å². The lowest BCUT2D eigenvalue weighted by Gasteiger charge is -2.36. The van der Waals surface area contributed by atoms with Crippen molar-refractivity contribution < 1.29 is 9.59 Å². The van der Waals surface area contributed by atoms with Crippen LogP contribution in [0.3, 0.4) is 0 Å². The fourth-order valence-electron chi connectivity index (χ4n) is 2.44. The van der Waals surface area contributed by atoms with Gasteiger partial charge < -0.3 is 9.80 Å². The predicted molar refractivity (Wildman–Crippen MR) is 81.7 cm³/mol. The molecule has 6 heteroatoms. The first-order chi connectivity index (χ1) is 10.0. The van der Waals surface area contributed by atoms with E-state index in [1.54, 1.807) is 4.90 Å². The normalized spacial score (nSPS) is 15.0. The Labute approximate surface area is 124 Å². The molecule has 0 bridgehead atoms. The molecule has 21 heavy (non-hydrogen) atoms. The first-order valence-corrected chi connectivity index (χ1v) is 7.10. The molecule has 1 aromatic carbocycles. The lowest BCUT2D eigenvalue weighted by Crippen LogP contribution is -2.49. The number of benzene rings is 1. The summed E-state index contributed by atoms with van der Waals surface area (Å²) in [4.78, 5) is 27.0. The van der Waals surface area contributed by atoms with Gasteiger partial charge in [-0.15, -0.1) is 0 Å². The second-order valence-corrected chi connectivity index (χ2v) is 5.38. The number of rotatable bonds is 3. The van der Waals surface area contributed by atoms with E-state index >= 15 is 0 Å². The second-order valence-electron chi connectivity index (χ2n) is 5.38. The summed E-state index contributed by atoms with van der Waals surface area (Å²) < 4.78 is 0. The molecule has 114 valence electrons. The highest BCUT2D eigenvalue weighted by atomic mass is 16.2. The van der Waals surface area contributed by atoms with Crippen LogP contribution in [0.1, 0.15) is 17.5 Å². The molecule has 0 unspecified atom stereocenters. The van der Waals surface area contributed by atoms with Gasteiger partial charge in [0.1, 0.15) is 6.42 Å². The van der Waals surface area contributed by atoms with Crippen LogP contribution < -0.4 is 16.2 Å². The van der Waals surface area contributed by atoms with Gasteiger partial charge in [-0.2, -0.15) is 0 Å². The van der Waals surface area contributed by atoms with Gasteiger partial charge in [0.25, 0.3) is 0 Å². The zero-order chi connectivity index (χ0) is 15.4. The largest absolute Gasteiger partial charge is 0.368 e. The summed E-state index contributed by atoms with van der Waals surface area (Å²) in [7, 11) is 0. The average Bonchev–Trinajstić information content (AvgIpc) is 2.50. The second kappa shape index (κ2) is 6.58. The van der Waals surface area contributed by atoms with Crippen molar-refractivity contribution in [1.29, 1.82) is 0 Å². The zero-order valence-electron chi connectivity index (χ0n) is 12.6. The van der Waals surface area contributed by atoms with Gasteiger partial charge in [-0.05, 0) is 37.1 Å². The van der Waals surface area contributed by atoms with Gasteiger partial charge in [0.05, 0.1) is 0 Å². The molecule has 2 amide bonds. The molecule has 0 aromatic heterocycles. The Kier molecular flexibility index (Phi) is 4.80. The molecular formula is C15H22N4O2. The molecular weight excluding hydrogens is 268 g/mol. The van der Waals surface area contributed by atoms with Crippen LogP contribution in [0.2, 0.25) is 0 Å². The van der Waals surface area contributed by atoms with Crippen molar-refractivity contribution in [2.75, 3.05) is 31.1 Å². The van der Waals surface area contributed by atoms with Crippen molar-refractivity contribution >= 4 is 17.5 Å². The van der Waals surface area contributed by atoms with Crippen molar-refractivity contribution in [1.82, 2.24) is 10.3 Å². The summed E-state index contributed by atoms with van der Waals surface area (Å²) in [6.45, 7) is 7.01. The summed E-state index contributed by atoms with van der Waals surface area (Å²) in [5, 5.41) is 0. The Bertz CT molecular complexity index is 536. The molecule has 0 saturated carbocycles. The Hall–Kier alpha value is -2.08. The zero-order valence-corrected chi connectivity index (χ0v) is 12.6. The lowest BCUT2D eigenvalue weighted by molar-refractivity contribution is -0.136. The topological polar surface area (TPSA) is 78.7 Å². The van der Waals surface area contributed by atoms with E-state index in [0.29, 0.717) is 13.1 Å². The number of amides is 2. The summed E-state index contributed by atoms with van der Waals surface area (Å²) in [5.41, 5.74) is 5.72. The van der Waals surface area contributed by atoms with Gasteiger partial charge in [-0.3, -0.25) is 15.0 Å². The number of hydrogen-bond donors (Lipinski definition) is 2. The van der Waals surface area contributed by atoms with Crippen molar-refractivity contribution in [3.8, 4) is 0 Å². The summed E-state index contributed by atoms with van der Waals surface area (Å²) in [6, 6.07) is 6.41. The first-order valence-electron chi connectivity index (χ1n) is 7.10. The maximum Gasteiger partial charge on any atom is 0.243 e. The van der Waals surface area contributed by atoms with Crippen LogP contribution in [0.15, 0.2) is 18.2 Å². The number of nitrogens with one attached hydrogen (secondary N) is 1. The molecule has 0 spiro atoms. The summed E-state index contributed by atoms with van der Waals surface area (Å²) >= 11 is 0. The van der Waals surface area contributed by atoms with Crippen LogP contribution in [-0.4, -0.2) is 42.9 Å². The molecule has 0 aliphatic carbocycles. The van der Waals surface area contributed by atoms with Crippen LogP contribution >= 0.6 is 0 Å². The van der Waals surface area contributed by atoms with Crippen molar-refractivity contribution in [2.24, 2.45) is 5.84 Å². The smallest absolute Gasteiger partial charge is 0.243 e. The minimum absolute atomic E-state index is 0.169. The van der Waals surface area contributed by atoms with Gasteiger partial charge >= 0.3 is 0 Å². The quantitative estimate of drug-likeness (QED) is 0.364. The first kappa shape index (κ1) is 15.3. The van der Waals surface area contributed by atoms with E-state index in [2.05, 4.69) is 36.9 Å². The van der Waals surface area contributed by atoms with E-state index in [1.165, 1.54) is 16.8 Å². The molecule has 1 aliphatic heterocycles. The maximum atomic E-state index is 11.9. The maximum absolute atomic E-state index is 11.9. The van der Waals surface area contributed by atoms with Crippen LogP contribution in [0.5, 0.6) is 0 Å². The fraction of sp³-hybridized carbons (Fsp3) is 0.467. The van der Waals surface area contributed by atoms with E-state index in [4.69, 9.17) is 5.84 Å². The number of anilines is 1. The molecule has 6 nitrogen and oxygen atoms in total. The number of nitrogens with zero attached hydrogens (tertiary/aromatic N) is 2. The van der Waals surface area contributed by atoms with E-state index in [-0.39, 0.29) is 12.3 Å². The molecule has 3 N–H and O–H groups in total. The van der Waals surface area contributed by atoms with Crippen molar-refractivity contribution in [3.63, 3.8) is 0 Å². The van der Waals surface area contributed by atoms with Crippen LogP contribution in [0.25, 0.3) is 0 Å². The SMILES string of the molecule is Cc1ccc(N2CCN(C(=O)CC(=O)NN)CC2)cc1C. The number of nitrogens with two attached hydrogens (primary N) is 1. The Morgan fingerprint density at radius 1 is 1.14 bits per heavy atom. The Morgan fingerprint density at radius 3 is 2.38 bits per heavy atom. The molecule has 1 saturated heterocycles. The molecule has 1 fully saturated rings. The Balaban J connectivity index is 1.92. The van der Waals surface area contributed by atoms with Gasteiger partial charge in [0.15, 0.2) is 0 Å². The van der Waals surface area contributed by atoms with E-state index < -0.39 is 5.91 Å². The molecule has 1 heterocycles. The number of carbonyl (C=O) groups excluding carboxylic acids is 2. The van der Waals surface area contributed by atoms with Crippen LogP contribution in [0, 0.1) is 13.8 Å². The molecule has 0 atom stereocenters. The minimum Gasteiger partial charge on any atom is -0.368 e. The molecule has 0 radical (unpaired) electrons. The molecule has 1 aliphatic rings. The summed E-state index contributed by atoms with van der Waals surface area (Å²) in [6.07, 6.45) is -0.180. The van der Waals surface area contributed by atoms with Crippen LogP contribution in [0.4, 0.5) is 5.69 Å². The number of hydrogen-bond acceptors (Lipinski definition) is 4. The molecule has 1 aromatic rings. The van der Waals surface area contributed by atoms with E-state index in [9.17, 15) is 9.59 Å². The minimum atomic E-state index is -0.448. The van der Waals surface area contributed by atoms with Gasteiger partial charge in [-0.1, -0.05) is 6.07 Å². The standard InChI is InChI=1S/C15H22N4O2/c1-11-3-4-13(9-12(11)2)18-5-7-19(8-6-18)15(21)10-14(20)17-16/h3-4,9H,5-8,10,16H2,1-2H3,(H,17,20). The molecule has 2 rings (SSSR count). The van der Waals surface area contributed by atoms with Crippen molar-refractivity contribution in [2.45, 2.75) is 20.3 Å². The van der Waals surface area contributed by atoms with E-state index in [0.717, 1.165) is 13.1 Å². The third kappa shape index (κ3) is 3.72. The highest BCUT2D eigenvalue weighted by Gasteiger charge is 2.22. The third-order valence-corrected chi connectivity index (χ3v) is 3.96. The van der Waals surface area contributed by atoms with Crippen molar-refractivity contribution in [3.05, 3.63) is 29.3 Å². The monoisotopic (exact) mass is 290 g/mol. The lowest BCUT2D eigenvalue weighted by atomic mass is 10.1. The number of hydrazine groups is 1. The highest BCUT2D eigenvalue weighted by molar-refractivity contribution is 5.96. The highest BCUT2D eigenvalue weighted by Crippen LogP contribution is 2.20. The fourth-order valence-corrected chi connectivity index (χ4v) is 2.44. The summed E-state index contributed by atoms with van der Waals surface area (Å²) in [5.74, 6) is 4.38. The van der Waals surface area contributed by atoms with E-state index in [1.807, 2.05) is 5.43 Å². The Morgan fingerprint density at radius 2 is 1.81 bits per heavy atom. The third-order valence-electron chi connectivity index (χ3n) is 3.96. The van der Waals surface area contributed by atoms with Gasteiger partial charge in [-0.25, -0.2) is 5.84 Å². The predicted octanol–water partition coefficient (Wildman–Crippen LogP) is 0.332. The number of aryl methyl sites for hydroxylation is 2.